The average molecular weight is 276 g/mol. The van der Waals surface area contributed by atoms with E-state index in [1.807, 2.05) is 12.1 Å². The van der Waals surface area contributed by atoms with Crippen molar-refractivity contribution < 1.29 is 14.7 Å². The lowest BCUT2D eigenvalue weighted by molar-refractivity contribution is -0.136. The Labute approximate surface area is 116 Å². The Morgan fingerprint density at radius 2 is 2.30 bits per heavy atom. The van der Waals surface area contributed by atoms with Crippen molar-refractivity contribution in [2.75, 3.05) is 13.1 Å². The highest BCUT2D eigenvalue weighted by Crippen LogP contribution is 2.04. The van der Waals surface area contributed by atoms with Crippen molar-refractivity contribution in [3.8, 4) is 6.07 Å². The third-order valence-corrected chi connectivity index (χ3v) is 2.49. The first kappa shape index (κ1) is 15.4. The zero-order valence-electron chi connectivity index (χ0n) is 11.0. The predicted molar refractivity (Wildman–Crippen MR) is 70.5 cm³/mol. The molecule has 0 aromatic carbocycles. The van der Waals surface area contributed by atoms with Gasteiger partial charge in [0.25, 0.3) is 0 Å². The van der Waals surface area contributed by atoms with Gasteiger partial charge in [0.05, 0.1) is 18.9 Å². The van der Waals surface area contributed by atoms with Crippen LogP contribution in [0.4, 0.5) is 4.79 Å². The van der Waals surface area contributed by atoms with Gasteiger partial charge < -0.3 is 15.3 Å². The summed E-state index contributed by atoms with van der Waals surface area (Å²) in [5, 5.41) is 19.7. The molecule has 0 bridgehead atoms. The number of urea groups is 1. The molecule has 2 N–H and O–H groups in total. The molecule has 1 heterocycles. The van der Waals surface area contributed by atoms with Gasteiger partial charge in [0.2, 0.25) is 0 Å². The van der Waals surface area contributed by atoms with Crippen LogP contribution in [-0.2, 0) is 11.3 Å². The van der Waals surface area contributed by atoms with E-state index in [2.05, 4.69) is 10.3 Å². The zero-order valence-corrected chi connectivity index (χ0v) is 11.0. The maximum atomic E-state index is 11.9. The van der Waals surface area contributed by atoms with Crippen LogP contribution in [0.1, 0.15) is 18.4 Å². The molecule has 2 amide bonds. The molecule has 0 saturated heterocycles. The fourth-order valence-electron chi connectivity index (χ4n) is 1.54. The highest BCUT2D eigenvalue weighted by Gasteiger charge is 2.13. The minimum absolute atomic E-state index is 0.0598. The largest absolute Gasteiger partial charge is 0.481 e. The second-order valence-electron chi connectivity index (χ2n) is 4.07. The Morgan fingerprint density at radius 3 is 2.90 bits per heavy atom. The van der Waals surface area contributed by atoms with Crippen LogP contribution in [-0.4, -0.2) is 40.1 Å². The van der Waals surface area contributed by atoms with Crippen molar-refractivity contribution in [3.05, 3.63) is 30.1 Å². The summed E-state index contributed by atoms with van der Waals surface area (Å²) in [5.41, 5.74) is 0.846. The lowest BCUT2D eigenvalue weighted by Crippen LogP contribution is -2.40. The molecular formula is C13H16N4O3. The second-order valence-corrected chi connectivity index (χ2v) is 4.07. The van der Waals surface area contributed by atoms with Gasteiger partial charge in [0, 0.05) is 32.0 Å². The normalized spacial score (nSPS) is 9.55. The molecule has 0 spiro atoms. The molecule has 0 aliphatic rings. The van der Waals surface area contributed by atoms with Crippen LogP contribution in [0.3, 0.4) is 0 Å². The number of hydrogen-bond donors (Lipinski definition) is 2. The number of aromatic nitrogens is 1. The highest BCUT2D eigenvalue weighted by molar-refractivity contribution is 5.75. The minimum Gasteiger partial charge on any atom is -0.481 e. The summed E-state index contributed by atoms with van der Waals surface area (Å²) >= 11 is 0. The predicted octanol–water partition coefficient (Wildman–Crippen LogP) is 0.982. The molecule has 7 nitrogen and oxygen atoms in total. The zero-order chi connectivity index (χ0) is 14.8. The van der Waals surface area contributed by atoms with Crippen LogP contribution in [0.25, 0.3) is 0 Å². The van der Waals surface area contributed by atoms with Crippen LogP contribution in [0.15, 0.2) is 24.5 Å². The van der Waals surface area contributed by atoms with Gasteiger partial charge in [-0.2, -0.15) is 5.26 Å². The lowest BCUT2D eigenvalue weighted by atomic mass is 10.2. The van der Waals surface area contributed by atoms with Gasteiger partial charge in [-0.05, 0) is 11.6 Å². The number of rotatable bonds is 7. The van der Waals surface area contributed by atoms with Gasteiger partial charge in [-0.15, -0.1) is 0 Å². The van der Waals surface area contributed by atoms with Crippen molar-refractivity contribution in [1.82, 2.24) is 15.2 Å². The molecule has 1 aromatic heterocycles. The van der Waals surface area contributed by atoms with E-state index in [9.17, 15) is 9.59 Å². The fraction of sp³-hybridized carbons (Fsp3) is 0.385. The minimum atomic E-state index is -0.971. The van der Waals surface area contributed by atoms with Gasteiger partial charge in [-0.3, -0.25) is 9.78 Å². The first-order valence-corrected chi connectivity index (χ1v) is 6.14. The van der Waals surface area contributed by atoms with Gasteiger partial charge in [-0.25, -0.2) is 4.79 Å². The van der Waals surface area contributed by atoms with Gasteiger partial charge >= 0.3 is 12.0 Å². The van der Waals surface area contributed by atoms with E-state index in [0.29, 0.717) is 6.54 Å². The molecule has 1 rings (SSSR count). The molecule has 0 aliphatic heterocycles. The molecule has 7 heteroatoms. The molecule has 0 radical (unpaired) electrons. The van der Waals surface area contributed by atoms with Crippen molar-refractivity contribution in [2.24, 2.45) is 0 Å². The number of nitriles is 1. The van der Waals surface area contributed by atoms with Gasteiger partial charge in [0.1, 0.15) is 0 Å². The third kappa shape index (κ3) is 5.82. The standard InChI is InChI=1S/C13H16N4O3/c14-5-2-8-17(10-11-3-1-6-15-9-11)13(20)16-7-4-12(18)19/h1,3,6,9H,2,4,7-8,10H2,(H,16,20)(H,18,19). The fourth-order valence-corrected chi connectivity index (χ4v) is 1.54. The maximum Gasteiger partial charge on any atom is 0.317 e. The summed E-state index contributed by atoms with van der Waals surface area (Å²) in [6.45, 7) is 0.670. The molecule has 106 valence electrons. The Bertz CT molecular complexity index is 484. The second kappa shape index (κ2) is 8.48. The summed E-state index contributed by atoms with van der Waals surface area (Å²) in [6.07, 6.45) is 3.36. The lowest BCUT2D eigenvalue weighted by Gasteiger charge is -2.21. The number of amides is 2. The molecule has 20 heavy (non-hydrogen) atoms. The number of nitrogens with one attached hydrogen (secondary N) is 1. The van der Waals surface area contributed by atoms with Crippen molar-refractivity contribution in [1.29, 1.82) is 5.26 Å². The smallest absolute Gasteiger partial charge is 0.317 e. The first-order chi connectivity index (χ1) is 9.63. The molecule has 0 fully saturated rings. The number of nitrogens with zero attached hydrogens (tertiary/aromatic N) is 3. The molecule has 0 unspecified atom stereocenters. The number of hydrogen-bond acceptors (Lipinski definition) is 4. The SMILES string of the molecule is N#CCCN(Cc1cccnc1)C(=O)NCCC(=O)O. The summed E-state index contributed by atoms with van der Waals surface area (Å²) in [5.74, 6) is -0.971. The van der Waals surface area contributed by atoms with Crippen LogP contribution >= 0.6 is 0 Å². The van der Waals surface area contributed by atoms with Crippen LogP contribution < -0.4 is 5.32 Å². The number of carboxylic acid groups (broad SMARTS) is 1. The van der Waals surface area contributed by atoms with Gasteiger partial charge in [0.15, 0.2) is 0 Å². The van der Waals surface area contributed by atoms with E-state index in [1.54, 1.807) is 18.5 Å². The molecule has 0 atom stereocenters. The van der Waals surface area contributed by atoms with Crippen LogP contribution in [0.5, 0.6) is 0 Å². The summed E-state index contributed by atoms with van der Waals surface area (Å²) in [7, 11) is 0. The van der Waals surface area contributed by atoms with E-state index in [0.717, 1.165) is 5.56 Å². The number of carbonyl (C=O) groups is 2. The van der Waals surface area contributed by atoms with E-state index in [4.69, 9.17) is 10.4 Å². The van der Waals surface area contributed by atoms with Crippen molar-refractivity contribution in [2.45, 2.75) is 19.4 Å². The van der Waals surface area contributed by atoms with Gasteiger partial charge in [-0.1, -0.05) is 6.07 Å². The van der Waals surface area contributed by atoms with E-state index < -0.39 is 5.97 Å². The van der Waals surface area contributed by atoms with Crippen molar-refractivity contribution >= 4 is 12.0 Å². The average Bonchev–Trinajstić information content (AvgIpc) is 2.44. The molecule has 0 saturated carbocycles. The quantitative estimate of drug-likeness (QED) is 0.772. The first-order valence-electron chi connectivity index (χ1n) is 6.14. The van der Waals surface area contributed by atoms with Crippen molar-refractivity contribution in [3.63, 3.8) is 0 Å². The van der Waals surface area contributed by atoms with E-state index >= 15 is 0 Å². The summed E-state index contributed by atoms with van der Waals surface area (Å²) < 4.78 is 0. The number of aliphatic carboxylic acids is 1. The Balaban J connectivity index is 2.56. The molecular weight excluding hydrogens is 260 g/mol. The number of pyridine rings is 1. The summed E-state index contributed by atoms with van der Waals surface area (Å²) in [4.78, 5) is 27.7. The Kier molecular flexibility index (Phi) is 6.54. The molecule has 0 aliphatic carbocycles. The molecule has 1 aromatic rings. The maximum absolute atomic E-state index is 11.9. The topological polar surface area (TPSA) is 106 Å². The number of carboxylic acids is 1. The van der Waals surface area contributed by atoms with Crippen LogP contribution in [0.2, 0.25) is 0 Å². The number of carbonyl (C=O) groups excluding carboxylic acids is 1. The van der Waals surface area contributed by atoms with Crippen LogP contribution in [0, 0.1) is 11.3 Å². The monoisotopic (exact) mass is 276 g/mol. The highest BCUT2D eigenvalue weighted by atomic mass is 16.4. The Morgan fingerprint density at radius 1 is 1.50 bits per heavy atom. The van der Waals surface area contributed by atoms with E-state index in [-0.39, 0.29) is 32.0 Å². The summed E-state index contributed by atoms with van der Waals surface area (Å²) in [6, 6.07) is 5.19. The third-order valence-electron chi connectivity index (χ3n) is 2.49. The van der Waals surface area contributed by atoms with E-state index in [1.165, 1.54) is 4.90 Å². The Hall–Kier alpha value is -2.62.